The van der Waals surface area contributed by atoms with E-state index in [1.165, 1.54) is 0 Å². The maximum atomic E-state index is 9.00. The minimum Gasteiger partial charge on any atom is -0.483 e. The van der Waals surface area contributed by atoms with Crippen LogP contribution in [0.5, 0.6) is 5.75 Å². The van der Waals surface area contributed by atoms with Gasteiger partial charge in [-0.1, -0.05) is 12.1 Å². The molecule has 0 aliphatic carbocycles. The third-order valence-electron chi connectivity index (χ3n) is 2.70. The number of rotatable bonds is 2. The number of hydrogen-bond acceptors (Lipinski definition) is 3. The average Bonchev–Trinajstić information content (AvgIpc) is 2.26. The Labute approximate surface area is 95.5 Å². The lowest BCUT2D eigenvalue weighted by atomic mass is 9.99. The van der Waals surface area contributed by atoms with Crippen LogP contribution in [-0.4, -0.2) is 17.3 Å². The molecule has 3 N–H and O–H groups in total. The van der Waals surface area contributed by atoms with Crippen molar-refractivity contribution in [1.82, 2.24) is 0 Å². The second kappa shape index (κ2) is 3.92. The molecule has 0 aromatic heterocycles. The van der Waals surface area contributed by atoms with Gasteiger partial charge >= 0.3 is 0 Å². The van der Waals surface area contributed by atoms with Crippen LogP contribution in [0.2, 0.25) is 0 Å². The Bertz CT molecular complexity index is 424. The van der Waals surface area contributed by atoms with Crippen molar-refractivity contribution in [3.05, 3.63) is 35.4 Å². The van der Waals surface area contributed by atoms with Crippen molar-refractivity contribution in [2.75, 3.05) is 6.61 Å². The standard InChI is InChI=1S/C13H17NO2/c1-13(2)6-5-10-7-9(11(14)8-15)3-4-12(10)16-13/h3-7,11,15H,8,14H2,1-2H3. The predicted octanol–water partition coefficient (Wildman–Crippen LogP) is 1.86. The van der Waals surface area contributed by atoms with Crippen LogP contribution < -0.4 is 10.5 Å². The van der Waals surface area contributed by atoms with Crippen LogP contribution in [0.25, 0.3) is 6.08 Å². The highest BCUT2D eigenvalue weighted by Gasteiger charge is 2.21. The molecular weight excluding hydrogens is 202 g/mol. The van der Waals surface area contributed by atoms with E-state index >= 15 is 0 Å². The molecule has 3 heteroatoms. The lowest BCUT2D eigenvalue weighted by Gasteiger charge is -2.28. The zero-order chi connectivity index (χ0) is 11.8. The summed E-state index contributed by atoms with van der Waals surface area (Å²) >= 11 is 0. The Morgan fingerprint density at radius 3 is 2.88 bits per heavy atom. The van der Waals surface area contributed by atoms with Crippen LogP contribution in [0.4, 0.5) is 0 Å². The number of aliphatic hydroxyl groups excluding tert-OH is 1. The SMILES string of the molecule is CC1(C)C=Cc2cc(C(N)CO)ccc2O1. The van der Waals surface area contributed by atoms with Crippen LogP contribution in [0.1, 0.15) is 31.0 Å². The highest BCUT2D eigenvalue weighted by Crippen LogP contribution is 2.32. The third-order valence-corrected chi connectivity index (χ3v) is 2.70. The first kappa shape index (κ1) is 11.2. The van der Waals surface area contributed by atoms with Gasteiger partial charge in [0.05, 0.1) is 12.6 Å². The fourth-order valence-electron chi connectivity index (χ4n) is 1.73. The number of nitrogens with two attached hydrogens (primary N) is 1. The Hall–Kier alpha value is -1.32. The van der Waals surface area contributed by atoms with Gasteiger partial charge in [0.15, 0.2) is 0 Å². The minimum absolute atomic E-state index is 0.0468. The second-order valence-electron chi connectivity index (χ2n) is 4.63. The van der Waals surface area contributed by atoms with Gasteiger partial charge in [0.25, 0.3) is 0 Å². The first-order valence-electron chi connectivity index (χ1n) is 5.40. The topological polar surface area (TPSA) is 55.5 Å². The minimum atomic E-state index is -0.325. The molecule has 0 spiro atoms. The lowest BCUT2D eigenvalue weighted by Crippen LogP contribution is -2.27. The van der Waals surface area contributed by atoms with Gasteiger partial charge in [-0.2, -0.15) is 0 Å². The molecule has 0 radical (unpaired) electrons. The van der Waals surface area contributed by atoms with E-state index in [1.807, 2.05) is 44.2 Å². The van der Waals surface area contributed by atoms with E-state index in [-0.39, 0.29) is 18.2 Å². The zero-order valence-electron chi connectivity index (χ0n) is 9.60. The second-order valence-corrected chi connectivity index (χ2v) is 4.63. The van der Waals surface area contributed by atoms with Crippen LogP contribution in [0.3, 0.4) is 0 Å². The van der Waals surface area contributed by atoms with Crippen molar-refractivity contribution in [1.29, 1.82) is 0 Å². The van der Waals surface area contributed by atoms with E-state index < -0.39 is 0 Å². The van der Waals surface area contributed by atoms with Crippen molar-refractivity contribution in [3.8, 4) is 5.75 Å². The molecule has 1 aromatic rings. The van der Waals surface area contributed by atoms with E-state index in [2.05, 4.69) is 0 Å². The molecule has 0 bridgehead atoms. The van der Waals surface area contributed by atoms with Crippen molar-refractivity contribution in [2.24, 2.45) is 5.73 Å². The number of hydrogen-bond donors (Lipinski definition) is 2. The molecular formula is C13H17NO2. The summed E-state index contributed by atoms with van der Waals surface area (Å²) in [7, 11) is 0. The van der Waals surface area contributed by atoms with Gasteiger partial charge in [0.1, 0.15) is 11.4 Å². The van der Waals surface area contributed by atoms with Gasteiger partial charge in [-0.25, -0.2) is 0 Å². The largest absolute Gasteiger partial charge is 0.483 e. The predicted molar refractivity (Wildman–Crippen MR) is 64.2 cm³/mol. The van der Waals surface area contributed by atoms with Crippen LogP contribution in [0, 0.1) is 0 Å². The summed E-state index contributed by atoms with van der Waals surface area (Å²) in [5.74, 6) is 0.862. The number of aliphatic hydroxyl groups is 1. The molecule has 3 nitrogen and oxygen atoms in total. The molecule has 1 atom stereocenters. The maximum Gasteiger partial charge on any atom is 0.127 e. The molecule has 1 unspecified atom stereocenters. The number of ether oxygens (including phenoxy) is 1. The lowest BCUT2D eigenvalue weighted by molar-refractivity contribution is 0.159. The van der Waals surface area contributed by atoms with E-state index in [9.17, 15) is 0 Å². The van der Waals surface area contributed by atoms with Crippen molar-refractivity contribution >= 4 is 6.08 Å². The Balaban J connectivity index is 2.35. The summed E-state index contributed by atoms with van der Waals surface area (Å²) in [5, 5.41) is 9.00. The monoisotopic (exact) mass is 219 g/mol. The summed E-state index contributed by atoms with van der Waals surface area (Å²) < 4.78 is 5.80. The summed E-state index contributed by atoms with van der Waals surface area (Å²) in [6, 6.07) is 5.44. The van der Waals surface area contributed by atoms with Gasteiger partial charge in [-0.3, -0.25) is 0 Å². The molecule has 0 fully saturated rings. The smallest absolute Gasteiger partial charge is 0.127 e. The van der Waals surface area contributed by atoms with Gasteiger partial charge in [-0.05, 0) is 37.6 Å². The van der Waals surface area contributed by atoms with Gasteiger partial charge < -0.3 is 15.6 Å². The molecule has 0 saturated carbocycles. The summed E-state index contributed by atoms with van der Waals surface area (Å²) in [6.45, 7) is 3.98. The molecule has 1 aromatic carbocycles. The summed E-state index contributed by atoms with van der Waals surface area (Å²) in [6.07, 6.45) is 4.05. The highest BCUT2D eigenvalue weighted by atomic mass is 16.5. The van der Waals surface area contributed by atoms with Gasteiger partial charge in [0.2, 0.25) is 0 Å². The van der Waals surface area contributed by atoms with Gasteiger partial charge in [0, 0.05) is 5.56 Å². The van der Waals surface area contributed by atoms with Crippen LogP contribution in [0.15, 0.2) is 24.3 Å². The molecule has 2 rings (SSSR count). The Morgan fingerprint density at radius 1 is 1.44 bits per heavy atom. The quantitative estimate of drug-likeness (QED) is 0.798. The van der Waals surface area contributed by atoms with Crippen LogP contribution in [-0.2, 0) is 0 Å². The Kier molecular flexibility index (Phi) is 2.74. The normalized spacial score (nSPS) is 18.8. The fourth-order valence-corrected chi connectivity index (χ4v) is 1.73. The maximum absolute atomic E-state index is 9.00. The first-order valence-corrected chi connectivity index (χ1v) is 5.40. The Morgan fingerprint density at radius 2 is 2.19 bits per heavy atom. The van der Waals surface area contributed by atoms with E-state index in [0.29, 0.717) is 0 Å². The molecule has 1 aliphatic rings. The highest BCUT2D eigenvalue weighted by molar-refractivity contribution is 5.62. The first-order chi connectivity index (χ1) is 7.52. The molecule has 1 aliphatic heterocycles. The van der Waals surface area contributed by atoms with Crippen LogP contribution >= 0.6 is 0 Å². The van der Waals surface area contributed by atoms with E-state index in [0.717, 1.165) is 16.9 Å². The number of fused-ring (bicyclic) bond motifs is 1. The molecule has 86 valence electrons. The van der Waals surface area contributed by atoms with Gasteiger partial charge in [-0.15, -0.1) is 0 Å². The number of benzene rings is 1. The zero-order valence-corrected chi connectivity index (χ0v) is 9.60. The van der Waals surface area contributed by atoms with E-state index in [1.54, 1.807) is 0 Å². The molecule has 1 heterocycles. The van der Waals surface area contributed by atoms with E-state index in [4.69, 9.17) is 15.6 Å². The average molecular weight is 219 g/mol. The van der Waals surface area contributed by atoms with Crippen molar-refractivity contribution in [3.63, 3.8) is 0 Å². The summed E-state index contributed by atoms with van der Waals surface area (Å²) in [4.78, 5) is 0. The summed E-state index contributed by atoms with van der Waals surface area (Å²) in [5.41, 5.74) is 7.45. The molecule has 0 saturated heterocycles. The van der Waals surface area contributed by atoms with Crippen molar-refractivity contribution in [2.45, 2.75) is 25.5 Å². The fraction of sp³-hybridized carbons (Fsp3) is 0.385. The molecule has 0 amide bonds. The third kappa shape index (κ3) is 2.10. The van der Waals surface area contributed by atoms with Crippen molar-refractivity contribution < 1.29 is 9.84 Å². The molecule has 16 heavy (non-hydrogen) atoms.